The predicted molar refractivity (Wildman–Crippen MR) is 209 cm³/mol. The van der Waals surface area contributed by atoms with E-state index in [2.05, 4.69) is 181 Å². The van der Waals surface area contributed by atoms with E-state index in [1.165, 1.54) is 74.4 Å². The number of benzene rings is 9. The molecule has 10 aromatic rings. The van der Waals surface area contributed by atoms with Crippen LogP contribution in [0, 0.1) is 0 Å². The van der Waals surface area contributed by atoms with Gasteiger partial charge in [-0.1, -0.05) is 127 Å². The minimum atomic E-state index is 1.13. The normalized spacial score (nSPS) is 11.8. The average molecular weight is 628 g/mol. The third kappa shape index (κ3) is 4.31. The minimum absolute atomic E-state index is 1.13. The zero-order chi connectivity index (χ0) is 31.6. The number of para-hydroxylation sites is 1. The van der Waals surface area contributed by atoms with E-state index < -0.39 is 0 Å². The molecule has 48 heavy (non-hydrogen) atoms. The van der Waals surface area contributed by atoms with Crippen molar-refractivity contribution in [1.29, 1.82) is 0 Å². The van der Waals surface area contributed by atoms with Gasteiger partial charge in [-0.2, -0.15) is 0 Å². The Hall–Kier alpha value is -5.96. The Morgan fingerprint density at radius 1 is 0.312 bits per heavy atom. The molecule has 0 aliphatic rings. The van der Waals surface area contributed by atoms with Crippen molar-refractivity contribution in [2.75, 3.05) is 4.90 Å². The molecule has 0 amide bonds. The highest BCUT2D eigenvalue weighted by Crippen LogP contribution is 2.42. The van der Waals surface area contributed by atoms with Crippen LogP contribution in [0.1, 0.15) is 0 Å². The van der Waals surface area contributed by atoms with Crippen LogP contribution < -0.4 is 4.90 Å². The van der Waals surface area contributed by atoms with E-state index in [9.17, 15) is 0 Å². The maximum absolute atomic E-state index is 2.37. The van der Waals surface area contributed by atoms with Crippen molar-refractivity contribution in [2.24, 2.45) is 0 Å². The fraction of sp³-hybridized carbons (Fsp3) is 0. The molecule has 0 fully saturated rings. The van der Waals surface area contributed by atoms with Crippen LogP contribution in [-0.4, -0.2) is 0 Å². The smallest absolute Gasteiger partial charge is 0.0468 e. The summed E-state index contributed by atoms with van der Waals surface area (Å²) in [5.41, 5.74) is 5.84. The number of thiophene rings is 1. The summed E-state index contributed by atoms with van der Waals surface area (Å²) in [5, 5.41) is 13.0. The Morgan fingerprint density at radius 2 is 0.875 bits per heavy atom. The molecule has 1 heterocycles. The largest absolute Gasteiger partial charge is 0.310 e. The fourth-order valence-corrected chi connectivity index (χ4v) is 8.69. The van der Waals surface area contributed by atoms with Gasteiger partial charge in [0, 0.05) is 42.6 Å². The van der Waals surface area contributed by atoms with Crippen molar-refractivity contribution < 1.29 is 0 Å². The van der Waals surface area contributed by atoms with Crippen LogP contribution in [-0.2, 0) is 0 Å². The molecule has 1 nitrogen and oxygen atoms in total. The first-order valence-electron chi connectivity index (χ1n) is 16.4. The van der Waals surface area contributed by atoms with Crippen LogP contribution >= 0.6 is 11.3 Å². The van der Waals surface area contributed by atoms with Crippen molar-refractivity contribution in [3.05, 3.63) is 176 Å². The molecule has 0 unspecified atom stereocenters. The summed E-state index contributed by atoms with van der Waals surface area (Å²) in [4.78, 5) is 2.37. The number of rotatable bonds is 4. The van der Waals surface area contributed by atoms with Crippen LogP contribution in [0.4, 0.5) is 17.1 Å². The molecule has 0 spiro atoms. The van der Waals surface area contributed by atoms with Crippen LogP contribution in [0.2, 0.25) is 0 Å². The van der Waals surface area contributed by atoms with Gasteiger partial charge < -0.3 is 4.90 Å². The van der Waals surface area contributed by atoms with E-state index in [1.54, 1.807) is 0 Å². The average Bonchev–Trinajstić information content (AvgIpc) is 3.54. The monoisotopic (exact) mass is 627 g/mol. The highest BCUT2D eigenvalue weighted by atomic mass is 32.1. The summed E-state index contributed by atoms with van der Waals surface area (Å²) in [6.45, 7) is 0. The van der Waals surface area contributed by atoms with Gasteiger partial charge in [0.05, 0.1) is 0 Å². The zero-order valence-corrected chi connectivity index (χ0v) is 26.9. The van der Waals surface area contributed by atoms with E-state index >= 15 is 0 Å². The number of fused-ring (bicyclic) bond motifs is 10. The zero-order valence-electron chi connectivity index (χ0n) is 26.1. The van der Waals surface area contributed by atoms with Gasteiger partial charge in [-0.15, -0.1) is 11.3 Å². The third-order valence-corrected chi connectivity index (χ3v) is 11.0. The van der Waals surface area contributed by atoms with E-state index in [0.29, 0.717) is 0 Å². The Labute approximate surface area is 282 Å². The van der Waals surface area contributed by atoms with E-state index in [4.69, 9.17) is 0 Å². The Bertz CT molecular complexity index is 2830. The second-order valence-electron chi connectivity index (χ2n) is 12.5. The molecule has 0 saturated carbocycles. The quantitative estimate of drug-likeness (QED) is 0.176. The molecule has 0 aliphatic heterocycles. The van der Waals surface area contributed by atoms with Crippen LogP contribution in [0.5, 0.6) is 0 Å². The second kappa shape index (κ2) is 10.8. The Kier molecular flexibility index (Phi) is 6.12. The number of nitrogens with zero attached hydrogens (tertiary/aromatic N) is 1. The summed E-state index contributed by atoms with van der Waals surface area (Å²) in [6, 6.07) is 64.4. The predicted octanol–water partition coefficient (Wildman–Crippen LogP) is 13.8. The molecule has 10 rings (SSSR count). The fourth-order valence-electron chi connectivity index (χ4n) is 7.47. The first-order valence-corrected chi connectivity index (χ1v) is 17.2. The molecule has 9 aromatic carbocycles. The summed E-state index contributed by atoms with van der Waals surface area (Å²) < 4.78 is 2.67. The lowest BCUT2D eigenvalue weighted by atomic mass is 9.95. The van der Waals surface area contributed by atoms with Gasteiger partial charge in [-0.05, 0) is 97.4 Å². The molecular formula is C46H29NS. The molecule has 0 radical (unpaired) electrons. The molecular weight excluding hydrogens is 599 g/mol. The summed E-state index contributed by atoms with van der Waals surface area (Å²) in [7, 11) is 0. The lowest BCUT2D eigenvalue weighted by molar-refractivity contribution is 1.29. The lowest BCUT2D eigenvalue weighted by Gasteiger charge is -2.26. The maximum Gasteiger partial charge on any atom is 0.0468 e. The van der Waals surface area contributed by atoms with Gasteiger partial charge in [0.1, 0.15) is 0 Å². The van der Waals surface area contributed by atoms with E-state index in [0.717, 1.165) is 17.1 Å². The third-order valence-electron chi connectivity index (χ3n) is 9.82. The van der Waals surface area contributed by atoms with Crippen LogP contribution in [0.15, 0.2) is 176 Å². The molecule has 0 bridgehead atoms. The Balaban J connectivity index is 1.07. The SMILES string of the molecule is c1ccc(N(c2ccc(-c3ccc4c(ccc5c6ccccc6ccc45)c3)cc2)c2ccc3ccc4c5ccccc5sc4c3c2)cc1. The van der Waals surface area contributed by atoms with Gasteiger partial charge in [-0.25, -0.2) is 0 Å². The molecule has 224 valence electrons. The van der Waals surface area contributed by atoms with E-state index in [1.807, 2.05) is 11.3 Å². The van der Waals surface area contributed by atoms with Gasteiger partial charge in [0.15, 0.2) is 0 Å². The molecule has 2 heteroatoms. The standard InChI is InChI=1S/C46H29NS/c1-2-9-35(10-3-1)47(37-23-16-32-18-27-43-42-12-6-7-13-45(42)48-46(43)44(32)29-37)36-21-14-30(15-22-36)33-19-24-39-34(28-33)20-26-40-38-11-5-4-8-31(38)17-25-41(39)40/h1-29H. The number of anilines is 3. The van der Waals surface area contributed by atoms with Crippen LogP contribution in [0.3, 0.4) is 0 Å². The van der Waals surface area contributed by atoms with Crippen molar-refractivity contribution in [1.82, 2.24) is 0 Å². The molecule has 0 atom stereocenters. The van der Waals surface area contributed by atoms with Crippen molar-refractivity contribution in [2.45, 2.75) is 0 Å². The summed E-state index contributed by atoms with van der Waals surface area (Å²) in [6.07, 6.45) is 0. The van der Waals surface area contributed by atoms with E-state index in [-0.39, 0.29) is 0 Å². The van der Waals surface area contributed by atoms with Gasteiger partial charge in [-0.3, -0.25) is 0 Å². The Morgan fingerprint density at radius 3 is 1.71 bits per heavy atom. The lowest BCUT2D eigenvalue weighted by Crippen LogP contribution is -2.09. The first-order chi connectivity index (χ1) is 23.8. The van der Waals surface area contributed by atoms with Gasteiger partial charge in [0.25, 0.3) is 0 Å². The second-order valence-corrected chi connectivity index (χ2v) is 13.6. The van der Waals surface area contributed by atoms with Gasteiger partial charge >= 0.3 is 0 Å². The highest BCUT2D eigenvalue weighted by molar-refractivity contribution is 7.26. The number of hydrogen-bond acceptors (Lipinski definition) is 2. The minimum Gasteiger partial charge on any atom is -0.310 e. The molecule has 1 aromatic heterocycles. The number of hydrogen-bond donors (Lipinski definition) is 0. The van der Waals surface area contributed by atoms with Crippen molar-refractivity contribution >= 4 is 91.7 Å². The highest BCUT2D eigenvalue weighted by Gasteiger charge is 2.16. The molecule has 0 N–H and O–H groups in total. The van der Waals surface area contributed by atoms with Gasteiger partial charge in [0.2, 0.25) is 0 Å². The van der Waals surface area contributed by atoms with Crippen LogP contribution in [0.25, 0.3) is 74.4 Å². The van der Waals surface area contributed by atoms with Crippen molar-refractivity contribution in [3.63, 3.8) is 0 Å². The topological polar surface area (TPSA) is 3.24 Å². The molecule has 0 aliphatic carbocycles. The summed E-state index contributed by atoms with van der Waals surface area (Å²) in [5.74, 6) is 0. The first kappa shape index (κ1) is 27.2. The molecule has 0 saturated heterocycles. The van der Waals surface area contributed by atoms with Crippen molar-refractivity contribution in [3.8, 4) is 11.1 Å². The summed E-state index contributed by atoms with van der Waals surface area (Å²) >= 11 is 1.89. The maximum atomic E-state index is 2.37.